The highest BCUT2D eigenvalue weighted by molar-refractivity contribution is 5.95. The van der Waals surface area contributed by atoms with Gasteiger partial charge in [-0.15, -0.1) is 0 Å². The summed E-state index contributed by atoms with van der Waals surface area (Å²) in [5, 5.41) is 10.5. The van der Waals surface area contributed by atoms with E-state index in [1.54, 1.807) is 0 Å². The molecule has 1 aromatic rings. The van der Waals surface area contributed by atoms with E-state index in [1.165, 1.54) is 17.9 Å². The third-order valence-corrected chi connectivity index (χ3v) is 4.51. The molecule has 4 nitrogen and oxygen atoms in total. The first-order valence-corrected chi connectivity index (χ1v) is 7.27. The molecule has 1 aromatic heterocycles. The molecule has 2 fully saturated rings. The van der Waals surface area contributed by atoms with E-state index >= 15 is 0 Å². The van der Waals surface area contributed by atoms with Crippen LogP contribution >= 0.6 is 0 Å². The van der Waals surface area contributed by atoms with E-state index in [1.807, 2.05) is 0 Å². The number of amides is 1. The summed E-state index contributed by atoms with van der Waals surface area (Å²) in [6, 6.07) is 1.99. The average Bonchev–Trinajstić information content (AvgIpc) is 3.21. The number of nitrogens with zero attached hydrogens (tertiary/aromatic N) is 2. The number of aromatic nitrogens is 1. The molecule has 22 heavy (non-hydrogen) atoms. The molecular formula is C15H17F3N2O2. The molecule has 1 unspecified atom stereocenters. The fraction of sp³-hybridized carbons (Fsp3) is 0.600. The molecule has 1 N–H and O–H groups in total. The zero-order valence-corrected chi connectivity index (χ0v) is 12.2. The maximum Gasteiger partial charge on any atom is 0.433 e. The van der Waals surface area contributed by atoms with Gasteiger partial charge >= 0.3 is 6.18 Å². The van der Waals surface area contributed by atoms with Crippen molar-refractivity contribution in [2.45, 2.75) is 38.0 Å². The number of alkyl halides is 3. The van der Waals surface area contributed by atoms with Crippen LogP contribution < -0.4 is 0 Å². The third-order valence-electron chi connectivity index (χ3n) is 4.51. The molecule has 1 aliphatic heterocycles. The molecular weight excluding hydrogens is 297 g/mol. The van der Waals surface area contributed by atoms with Crippen LogP contribution in [0.15, 0.2) is 12.1 Å². The number of aliphatic hydroxyl groups is 1. The van der Waals surface area contributed by atoms with Crippen LogP contribution in [0.1, 0.15) is 41.0 Å². The molecule has 1 amide bonds. The normalized spacial score (nSPS) is 25.6. The fourth-order valence-electron chi connectivity index (χ4n) is 3.06. The Morgan fingerprint density at radius 3 is 2.64 bits per heavy atom. The minimum atomic E-state index is -4.52. The largest absolute Gasteiger partial charge is 0.433 e. The van der Waals surface area contributed by atoms with E-state index in [4.69, 9.17) is 0 Å². The van der Waals surface area contributed by atoms with Crippen molar-refractivity contribution in [1.29, 1.82) is 0 Å². The first-order valence-electron chi connectivity index (χ1n) is 7.27. The van der Waals surface area contributed by atoms with Crippen molar-refractivity contribution in [2.24, 2.45) is 5.92 Å². The smallest absolute Gasteiger partial charge is 0.388 e. The van der Waals surface area contributed by atoms with Gasteiger partial charge in [0.05, 0.1) is 23.4 Å². The van der Waals surface area contributed by atoms with Crippen molar-refractivity contribution in [3.8, 4) is 0 Å². The van der Waals surface area contributed by atoms with Crippen LogP contribution in [-0.2, 0) is 6.18 Å². The van der Waals surface area contributed by atoms with Crippen LogP contribution in [0.2, 0.25) is 0 Å². The van der Waals surface area contributed by atoms with Crippen LogP contribution in [0.3, 0.4) is 0 Å². The Labute approximate surface area is 126 Å². The highest BCUT2D eigenvalue weighted by atomic mass is 19.4. The summed E-state index contributed by atoms with van der Waals surface area (Å²) in [5.74, 6) is -0.118. The minimum absolute atomic E-state index is 0.0571. The number of pyridine rings is 1. The van der Waals surface area contributed by atoms with Gasteiger partial charge in [-0.2, -0.15) is 13.2 Å². The predicted molar refractivity (Wildman–Crippen MR) is 72.2 cm³/mol. The van der Waals surface area contributed by atoms with Gasteiger partial charge in [0.25, 0.3) is 5.91 Å². The van der Waals surface area contributed by atoms with Crippen molar-refractivity contribution in [3.05, 3.63) is 29.1 Å². The van der Waals surface area contributed by atoms with E-state index in [2.05, 4.69) is 4.98 Å². The van der Waals surface area contributed by atoms with Crippen molar-refractivity contribution in [2.75, 3.05) is 13.1 Å². The molecule has 0 radical (unpaired) electrons. The summed E-state index contributed by atoms with van der Waals surface area (Å²) >= 11 is 0. The van der Waals surface area contributed by atoms with Gasteiger partial charge in [-0.3, -0.25) is 4.79 Å². The molecule has 2 aliphatic rings. The highest BCUT2D eigenvalue weighted by Crippen LogP contribution is 2.44. The molecule has 1 saturated carbocycles. The third kappa shape index (κ3) is 2.69. The van der Waals surface area contributed by atoms with E-state index in [9.17, 15) is 23.1 Å². The second-order valence-corrected chi connectivity index (χ2v) is 6.18. The van der Waals surface area contributed by atoms with Gasteiger partial charge < -0.3 is 10.0 Å². The number of aryl methyl sites for hydroxylation is 1. The monoisotopic (exact) mass is 314 g/mol. The minimum Gasteiger partial charge on any atom is -0.388 e. The van der Waals surface area contributed by atoms with Gasteiger partial charge in [0, 0.05) is 6.54 Å². The Kier molecular flexibility index (Phi) is 3.43. The molecule has 1 atom stereocenters. The van der Waals surface area contributed by atoms with Gasteiger partial charge in [0.2, 0.25) is 0 Å². The number of β-amino-alcohol motifs (C(OH)–C–C–N with tert-alkyl or cyclic N) is 1. The van der Waals surface area contributed by atoms with Gasteiger partial charge in [-0.25, -0.2) is 4.98 Å². The zero-order chi connectivity index (χ0) is 16.1. The number of rotatable bonds is 2. The summed E-state index contributed by atoms with van der Waals surface area (Å²) in [7, 11) is 0. The lowest BCUT2D eigenvalue weighted by molar-refractivity contribution is -0.141. The number of carbonyl (C=O) groups is 1. The van der Waals surface area contributed by atoms with Crippen molar-refractivity contribution in [1.82, 2.24) is 9.88 Å². The SMILES string of the molecule is Cc1nc(C(F)(F)F)ccc1C(=O)N1CCC(O)(C2CC2)C1. The van der Waals surface area contributed by atoms with Crippen LogP contribution in [0.5, 0.6) is 0 Å². The maximum atomic E-state index is 12.6. The van der Waals surface area contributed by atoms with E-state index in [-0.39, 0.29) is 29.6 Å². The van der Waals surface area contributed by atoms with E-state index < -0.39 is 17.5 Å². The molecule has 2 heterocycles. The number of carbonyl (C=O) groups excluding carboxylic acids is 1. The van der Waals surface area contributed by atoms with Gasteiger partial charge in [-0.1, -0.05) is 0 Å². The Hall–Kier alpha value is -1.63. The average molecular weight is 314 g/mol. The second kappa shape index (κ2) is 4.94. The number of likely N-dealkylation sites (tertiary alicyclic amines) is 1. The Bertz CT molecular complexity index is 613. The van der Waals surface area contributed by atoms with Crippen LogP contribution in [-0.4, -0.2) is 39.6 Å². The Morgan fingerprint density at radius 1 is 1.41 bits per heavy atom. The lowest BCUT2D eigenvalue weighted by Crippen LogP contribution is -2.38. The maximum absolute atomic E-state index is 12.6. The summed E-state index contributed by atoms with van der Waals surface area (Å²) in [4.78, 5) is 17.4. The molecule has 0 spiro atoms. The molecule has 0 bridgehead atoms. The molecule has 1 aliphatic carbocycles. The van der Waals surface area contributed by atoms with Crippen molar-refractivity contribution in [3.63, 3.8) is 0 Å². The number of hydrogen-bond acceptors (Lipinski definition) is 3. The summed E-state index contributed by atoms with van der Waals surface area (Å²) < 4.78 is 37.8. The second-order valence-electron chi connectivity index (χ2n) is 6.18. The highest BCUT2D eigenvalue weighted by Gasteiger charge is 2.49. The molecule has 120 valence electrons. The van der Waals surface area contributed by atoms with E-state index in [0.29, 0.717) is 13.0 Å². The van der Waals surface area contributed by atoms with Crippen LogP contribution in [0.25, 0.3) is 0 Å². The standard InChI is InChI=1S/C15H17F3N2O2/c1-9-11(4-5-12(19-9)15(16,17)18)13(21)20-7-6-14(22,8-20)10-2-3-10/h4-5,10,22H,2-3,6-8H2,1H3. The first-order chi connectivity index (χ1) is 10.2. The number of hydrogen-bond donors (Lipinski definition) is 1. The zero-order valence-electron chi connectivity index (χ0n) is 12.2. The summed E-state index contributed by atoms with van der Waals surface area (Å²) in [6.45, 7) is 2.06. The number of halogens is 3. The predicted octanol–water partition coefficient (Wildman–Crippen LogP) is 2.40. The Balaban J connectivity index is 1.78. The first kappa shape index (κ1) is 15.3. The van der Waals surface area contributed by atoms with Crippen LogP contribution in [0, 0.1) is 12.8 Å². The van der Waals surface area contributed by atoms with Gasteiger partial charge in [0.1, 0.15) is 5.69 Å². The molecule has 1 saturated heterocycles. The van der Waals surface area contributed by atoms with Crippen molar-refractivity contribution >= 4 is 5.91 Å². The lowest BCUT2D eigenvalue weighted by atomic mass is 9.97. The van der Waals surface area contributed by atoms with Gasteiger partial charge in [-0.05, 0) is 44.2 Å². The van der Waals surface area contributed by atoms with E-state index in [0.717, 1.165) is 18.9 Å². The van der Waals surface area contributed by atoms with Gasteiger partial charge in [0.15, 0.2) is 0 Å². The summed E-state index contributed by atoms with van der Waals surface area (Å²) in [5.41, 5.74) is -1.62. The summed E-state index contributed by atoms with van der Waals surface area (Å²) in [6.07, 6.45) is -2.05. The molecule has 7 heteroatoms. The van der Waals surface area contributed by atoms with Crippen molar-refractivity contribution < 1.29 is 23.1 Å². The lowest BCUT2D eigenvalue weighted by Gasteiger charge is -2.23. The topological polar surface area (TPSA) is 53.4 Å². The molecule has 0 aromatic carbocycles. The molecule has 3 rings (SSSR count). The van der Waals surface area contributed by atoms with Crippen LogP contribution in [0.4, 0.5) is 13.2 Å². The quantitative estimate of drug-likeness (QED) is 0.912. The Morgan fingerprint density at radius 2 is 2.09 bits per heavy atom. The fourth-order valence-corrected chi connectivity index (χ4v) is 3.06.